The Morgan fingerprint density at radius 1 is 1.21 bits per heavy atom. The lowest BCUT2D eigenvalue weighted by molar-refractivity contribution is -0.187. The molecule has 0 unspecified atom stereocenters. The highest BCUT2D eigenvalue weighted by molar-refractivity contribution is 7.98. The number of likely N-dealkylation sites (N-methyl/N-ethyl adjacent to an activating group) is 1. The highest BCUT2D eigenvalue weighted by atomic mass is 32.2. The van der Waals surface area contributed by atoms with Gasteiger partial charge in [-0.2, -0.15) is 11.8 Å². The van der Waals surface area contributed by atoms with E-state index < -0.39 is 12.2 Å². The standard InChI is InChI=1S/C22H33N5O5S/c1-24-15-20(28)26-18(9-12-33-4)21(29)25(10-11-31-2)14-19(26)27(24)22(30)23-13-16-5-7-17(32-3)8-6-16/h5-8,18-19H,9-15H2,1-4H3,(H,23,30)/t18-,19-/m0/s1. The van der Waals surface area contributed by atoms with Crippen molar-refractivity contribution in [3.8, 4) is 5.75 Å². The van der Waals surface area contributed by atoms with Crippen molar-refractivity contribution < 1.29 is 23.9 Å². The molecule has 0 bridgehead atoms. The van der Waals surface area contributed by atoms with Crippen molar-refractivity contribution in [2.45, 2.75) is 25.2 Å². The molecule has 2 heterocycles. The number of piperazine rings is 1. The van der Waals surface area contributed by atoms with E-state index in [2.05, 4.69) is 5.32 Å². The van der Waals surface area contributed by atoms with E-state index in [0.29, 0.717) is 26.1 Å². The van der Waals surface area contributed by atoms with E-state index in [-0.39, 0.29) is 30.9 Å². The van der Waals surface area contributed by atoms with Crippen molar-refractivity contribution in [3.63, 3.8) is 0 Å². The number of carbonyl (C=O) groups is 3. The summed E-state index contributed by atoms with van der Waals surface area (Å²) in [4.78, 5) is 42.8. The Kier molecular flexibility index (Phi) is 8.81. The molecule has 2 aliphatic rings. The number of carbonyl (C=O) groups excluding carboxylic acids is 3. The van der Waals surface area contributed by atoms with Crippen LogP contribution >= 0.6 is 11.8 Å². The van der Waals surface area contributed by atoms with Gasteiger partial charge in [0.25, 0.3) is 0 Å². The molecule has 3 rings (SSSR count). The third kappa shape index (κ3) is 5.71. The summed E-state index contributed by atoms with van der Waals surface area (Å²) in [6.07, 6.45) is 1.93. The third-order valence-electron chi connectivity index (χ3n) is 5.91. The second-order valence-corrected chi connectivity index (χ2v) is 9.01. The van der Waals surface area contributed by atoms with Crippen LogP contribution in [0.5, 0.6) is 5.75 Å². The van der Waals surface area contributed by atoms with Crippen LogP contribution in [-0.2, 0) is 20.9 Å². The largest absolute Gasteiger partial charge is 0.497 e. The van der Waals surface area contributed by atoms with Gasteiger partial charge in [0, 0.05) is 27.2 Å². The van der Waals surface area contributed by atoms with E-state index in [0.717, 1.165) is 17.1 Å². The van der Waals surface area contributed by atoms with Gasteiger partial charge in [-0.1, -0.05) is 12.1 Å². The first kappa shape index (κ1) is 25.1. The van der Waals surface area contributed by atoms with E-state index >= 15 is 0 Å². The van der Waals surface area contributed by atoms with E-state index in [1.54, 1.807) is 52.8 Å². The minimum Gasteiger partial charge on any atom is -0.497 e. The first-order valence-corrected chi connectivity index (χ1v) is 12.3. The molecule has 2 atom stereocenters. The fourth-order valence-corrected chi connectivity index (χ4v) is 4.68. The van der Waals surface area contributed by atoms with Crippen LogP contribution in [0.4, 0.5) is 4.79 Å². The molecule has 1 N–H and O–H groups in total. The fourth-order valence-electron chi connectivity index (χ4n) is 4.22. The number of amides is 4. The summed E-state index contributed by atoms with van der Waals surface area (Å²) < 4.78 is 10.4. The number of rotatable bonds is 9. The second kappa shape index (κ2) is 11.6. The predicted octanol–water partition coefficient (Wildman–Crippen LogP) is 0.832. The van der Waals surface area contributed by atoms with Gasteiger partial charge in [-0.15, -0.1) is 0 Å². The van der Waals surface area contributed by atoms with Crippen LogP contribution in [0.2, 0.25) is 0 Å². The van der Waals surface area contributed by atoms with Crippen molar-refractivity contribution in [1.82, 2.24) is 25.1 Å². The van der Waals surface area contributed by atoms with Crippen molar-refractivity contribution in [3.05, 3.63) is 29.8 Å². The lowest BCUT2D eigenvalue weighted by atomic mass is 10.0. The van der Waals surface area contributed by atoms with Gasteiger partial charge in [-0.3, -0.25) is 9.59 Å². The molecule has 2 fully saturated rings. The highest BCUT2D eigenvalue weighted by Crippen LogP contribution is 2.27. The molecule has 1 aromatic rings. The fraction of sp³-hybridized carbons (Fsp3) is 0.591. The number of ether oxygens (including phenoxy) is 2. The number of nitrogens with one attached hydrogen (secondary N) is 1. The number of methoxy groups -OCH3 is 2. The Hall–Kier alpha value is -2.50. The second-order valence-electron chi connectivity index (χ2n) is 8.02. The van der Waals surface area contributed by atoms with Crippen LogP contribution in [0, 0.1) is 0 Å². The SMILES string of the molecule is COCCN1C[C@H]2N(C(=O)CN(C)N2C(=O)NCc2ccc(OC)cc2)[C@@H](CCSC)C1=O. The molecule has 0 spiro atoms. The van der Waals surface area contributed by atoms with Crippen molar-refractivity contribution in [2.24, 2.45) is 0 Å². The van der Waals surface area contributed by atoms with Crippen LogP contribution in [0.3, 0.4) is 0 Å². The predicted molar refractivity (Wildman–Crippen MR) is 126 cm³/mol. The summed E-state index contributed by atoms with van der Waals surface area (Å²) in [7, 11) is 4.91. The minimum atomic E-state index is -0.592. The first-order valence-electron chi connectivity index (χ1n) is 10.9. The van der Waals surface area contributed by atoms with Gasteiger partial charge >= 0.3 is 6.03 Å². The molecule has 2 aliphatic heterocycles. The Morgan fingerprint density at radius 2 is 1.94 bits per heavy atom. The molecule has 2 saturated heterocycles. The number of urea groups is 1. The summed E-state index contributed by atoms with van der Waals surface area (Å²) in [5, 5.41) is 6.13. The van der Waals surface area contributed by atoms with Gasteiger partial charge in [0.2, 0.25) is 11.8 Å². The van der Waals surface area contributed by atoms with Crippen molar-refractivity contribution in [2.75, 3.05) is 59.5 Å². The molecule has 0 aromatic heterocycles. The average molecular weight is 480 g/mol. The van der Waals surface area contributed by atoms with Crippen LogP contribution in [-0.4, -0.2) is 109 Å². The maximum atomic E-state index is 13.3. The first-order chi connectivity index (χ1) is 15.9. The molecule has 0 saturated carbocycles. The summed E-state index contributed by atoms with van der Waals surface area (Å²) in [6.45, 7) is 1.41. The van der Waals surface area contributed by atoms with Gasteiger partial charge in [0.05, 0.1) is 26.8 Å². The molecule has 0 radical (unpaired) electrons. The maximum absolute atomic E-state index is 13.3. The molecule has 4 amide bonds. The summed E-state index contributed by atoms with van der Waals surface area (Å²) >= 11 is 1.63. The Balaban J connectivity index is 1.80. The van der Waals surface area contributed by atoms with Gasteiger partial charge in [0.15, 0.2) is 0 Å². The lowest BCUT2D eigenvalue weighted by Gasteiger charge is -2.54. The van der Waals surface area contributed by atoms with E-state index in [1.165, 1.54) is 0 Å². The quantitative estimate of drug-likeness (QED) is 0.561. The van der Waals surface area contributed by atoms with Gasteiger partial charge < -0.3 is 24.6 Å². The number of nitrogens with zero attached hydrogens (tertiary/aromatic N) is 4. The van der Waals surface area contributed by atoms with Crippen LogP contribution in [0.1, 0.15) is 12.0 Å². The van der Waals surface area contributed by atoms with E-state index in [1.807, 2.05) is 30.5 Å². The molecular weight excluding hydrogens is 446 g/mol. The number of benzene rings is 1. The smallest absolute Gasteiger partial charge is 0.334 e. The van der Waals surface area contributed by atoms with Gasteiger partial charge in [-0.05, 0) is 36.1 Å². The zero-order chi connectivity index (χ0) is 24.0. The lowest BCUT2D eigenvalue weighted by Crippen LogP contribution is -2.76. The molecule has 33 heavy (non-hydrogen) atoms. The van der Waals surface area contributed by atoms with E-state index in [9.17, 15) is 14.4 Å². The summed E-state index contributed by atoms with van der Waals surface area (Å²) in [5.41, 5.74) is 0.926. The van der Waals surface area contributed by atoms with Gasteiger partial charge in [-0.25, -0.2) is 14.8 Å². The molecule has 1 aromatic carbocycles. The number of fused-ring (bicyclic) bond motifs is 1. The normalized spacial score (nSPS) is 21.3. The number of thioether (sulfide) groups is 1. The molecular formula is C22H33N5O5S. The van der Waals surface area contributed by atoms with Crippen molar-refractivity contribution >= 4 is 29.6 Å². The molecule has 11 heteroatoms. The maximum Gasteiger partial charge on any atom is 0.334 e. The monoisotopic (exact) mass is 479 g/mol. The summed E-state index contributed by atoms with van der Waals surface area (Å²) in [6, 6.07) is 6.54. The highest BCUT2D eigenvalue weighted by Gasteiger charge is 2.50. The number of hydrogen-bond acceptors (Lipinski definition) is 7. The zero-order valence-corrected chi connectivity index (χ0v) is 20.5. The Bertz CT molecular complexity index is 839. The van der Waals surface area contributed by atoms with Crippen LogP contribution in [0.25, 0.3) is 0 Å². The molecule has 10 nitrogen and oxygen atoms in total. The average Bonchev–Trinajstić information content (AvgIpc) is 2.81. The zero-order valence-electron chi connectivity index (χ0n) is 19.7. The molecule has 182 valence electrons. The third-order valence-corrected chi connectivity index (χ3v) is 6.56. The summed E-state index contributed by atoms with van der Waals surface area (Å²) in [5.74, 6) is 1.25. The Labute approximate surface area is 199 Å². The van der Waals surface area contributed by atoms with Crippen LogP contribution in [0.15, 0.2) is 24.3 Å². The topological polar surface area (TPSA) is 94.7 Å². The van der Waals surface area contributed by atoms with Crippen molar-refractivity contribution in [1.29, 1.82) is 0 Å². The number of hydrogen-bond donors (Lipinski definition) is 1. The van der Waals surface area contributed by atoms with Crippen LogP contribution < -0.4 is 10.1 Å². The minimum absolute atomic E-state index is 0.0353. The number of hydrazine groups is 1. The molecule has 0 aliphatic carbocycles. The van der Waals surface area contributed by atoms with Gasteiger partial charge in [0.1, 0.15) is 18.0 Å². The Morgan fingerprint density at radius 3 is 2.58 bits per heavy atom. The van der Waals surface area contributed by atoms with E-state index in [4.69, 9.17) is 9.47 Å².